The van der Waals surface area contributed by atoms with Gasteiger partial charge in [0.15, 0.2) is 0 Å². The van der Waals surface area contributed by atoms with E-state index in [1.165, 1.54) is 0 Å². The molecular formula is C17H28BO2. The standard InChI is InChI=1S/C17H28BO2/c1-7-8-12-19-15-11-9-10-14(13-15)18-20-17(5,6)16(2,3)4/h9-11,13H,7-8,12H2,1-6H3. The lowest BCUT2D eigenvalue weighted by Crippen LogP contribution is -2.42. The fourth-order valence-electron chi connectivity index (χ4n) is 1.40. The summed E-state index contributed by atoms with van der Waals surface area (Å²) < 4.78 is 11.7. The number of ether oxygens (including phenoxy) is 1. The molecule has 0 bridgehead atoms. The van der Waals surface area contributed by atoms with Gasteiger partial charge < -0.3 is 9.39 Å². The first kappa shape index (κ1) is 17.1. The van der Waals surface area contributed by atoms with E-state index in [1.807, 2.05) is 31.7 Å². The van der Waals surface area contributed by atoms with Gasteiger partial charge in [-0.1, -0.05) is 46.2 Å². The van der Waals surface area contributed by atoms with Gasteiger partial charge in [-0.3, -0.25) is 0 Å². The summed E-state index contributed by atoms with van der Waals surface area (Å²) in [5.41, 5.74) is 0.904. The molecule has 1 aromatic carbocycles. The number of hydrogen-bond donors (Lipinski definition) is 0. The Labute approximate surface area is 125 Å². The van der Waals surface area contributed by atoms with Crippen molar-refractivity contribution in [1.82, 2.24) is 0 Å². The molecule has 0 aliphatic rings. The molecule has 111 valence electrons. The predicted molar refractivity (Wildman–Crippen MR) is 86.9 cm³/mol. The maximum Gasteiger partial charge on any atom is 0.330 e. The van der Waals surface area contributed by atoms with Crippen LogP contribution >= 0.6 is 0 Å². The Balaban J connectivity index is 2.58. The summed E-state index contributed by atoms with van der Waals surface area (Å²) in [7, 11) is 1.83. The fourth-order valence-corrected chi connectivity index (χ4v) is 1.40. The molecule has 0 atom stereocenters. The molecule has 0 saturated heterocycles. The monoisotopic (exact) mass is 275 g/mol. The summed E-state index contributed by atoms with van der Waals surface area (Å²) >= 11 is 0. The summed E-state index contributed by atoms with van der Waals surface area (Å²) in [6, 6.07) is 8.04. The second-order valence-corrected chi connectivity index (χ2v) is 6.77. The zero-order valence-corrected chi connectivity index (χ0v) is 13.8. The topological polar surface area (TPSA) is 18.5 Å². The largest absolute Gasteiger partial charge is 0.494 e. The van der Waals surface area contributed by atoms with Crippen molar-refractivity contribution in [2.24, 2.45) is 5.41 Å². The van der Waals surface area contributed by atoms with Crippen LogP contribution in [-0.2, 0) is 4.65 Å². The van der Waals surface area contributed by atoms with E-state index < -0.39 is 0 Å². The maximum atomic E-state index is 5.98. The summed E-state index contributed by atoms with van der Waals surface area (Å²) in [6.45, 7) is 13.7. The minimum Gasteiger partial charge on any atom is -0.494 e. The van der Waals surface area contributed by atoms with Gasteiger partial charge in [0, 0.05) is 0 Å². The van der Waals surface area contributed by atoms with Gasteiger partial charge in [0.2, 0.25) is 0 Å². The molecule has 3 heteroatoms. The van der Waals surface area contributed by atoms with E-state index in [1.54, 1.807) is 0 Å². The van der Waals surface area contributed by atoms with E-state index >= 15 is 0 Å². The molecule has 0 aliphatic carbocycles. The number of rotatable bonds is 7. The zero-order chi connectivity index (χ0) is 15.2. The molecule has 0 fully saturated rings. The highest BCUT2D eigenvalue weighted by Crippen LogP contribution is 2.32. The first-order valence-corrected chi connectivity index (χ1v) is 7.50. The zero-order valence-electron chi connectivity index (χ0n) is 13.8. The molecular weight excluding hydrogens is 247 g/mol. The Morgan fingerprint density at radius 2 is 1.80 bits per heavy atom. The molecule has 0 amide bonds. The number of benzene rings is 1. The van der Waals surface area contributed by atoms with Crippen LogP contribution < -0.4 is 10.2 Å². The van der Waals surface area contributed by atoms with E-state index in [0.717, 1.165) is 30.7 Å². The van der Waals surface area contributed by atoms with E-state index in [2.05, 4.69) is 41.5 Å². The lowest BCUT2D eigenvalue weighted by Gasteiger charge is -2.39. The predicted octanol–water partition coefficient (Wildman–Crippen LogP) is 3.95. The van der Waals surface area contributed by atoms with Crippen molar-refractivity contribution >= 4 is 12.9 Å². The van der Waals surface area contributed by atoms with Crippen molar-refractivity contribution in [3.63, 3.8) is 0 Å². The Morgan fingerprint density at radius 3 is 2.40 bits per heavy atom. The summed E-state index contributed by atoms with van der Waals surface area (Å²) in [5.74, 6) is 0.907. The molecule has 1 aromatic rings. The smallest absolute Gasteiger partial charge is 0.330 e. The normalized spacial score (nSPS) is 12.3. The van der Waals surface area contributed by atoms with E-state index in [0.29, 0.717) is 0 Å². The van der Waals surface area contributed by atoms with Crippen molar-refractivity contribution in [2.45, 2.75) is 60.0 Å². The van der Waals surface area contributed by atoms with Gasteiger partial charge in [-0.15, -0.1) is 0 Å². The Kier molecular flexibility index (Phi) is 6.13. The highest BCUT2D eigenvalue weighted by atomic mass is 16.5. The molecule has 0 aromatic heterocycles. The molecule has 0 saturated carbocycles. The number of hydrogen-bond acceptors (Lipinski definition) is 2. The molecule has 0 heterocycles. The third kappa shape index (κ3) is 5.20. The van der Waals surface area contributed by atoms with Crippen LogP contribution in [0.15, 0.2) is 24.3 Å². The second-order valence-electron chi connectivity index (χ2n) is 6.77. The molecule has 1 radical (unpaired) electrons. The maximum absolute atomic E-state index is 5.98. The van der Waals surface area contributed by atoms with Gasteiger partial charge in [0.25, 0.3) is 0 Å². The fraction of sp³-hybridized carbons (Fsp3) is 0.647. The molecule has 0 aliphatic heterocycles. The van der Waals surface area contributed by atoms with Crippen LogP contribution in [0.5, 0.6) is 5.75 Å². The lowest BCUT2D eigenvalue weighted by molar-refractivity contribution is 0.00503. The minimum atomic E-state index is -0.216. The van der Waals surface area contributed by atoms with E-state index in [-0.39, 0.29) is 11.0 Å². The van der Waals surface area contributed by atoms with Gasteiger partial charge in [0.1, 0.15) is 5.75 Å². The Bertz CT molecular complexity index is 408. The van der Waals surface area contributed by atoms with Gasteiger partial charge in [-0.05, 0) is 43.3 Å². The SMILES string of the molecule is CCCCOc1cccc([B]OC(C)(C)C(C)(C)C)c1. The van der Waals surface area contributed by atoms with Crippen molar-refractivity contribution in [3.8, 4) is 5.75 Å². The molecule has 0 unspecified atom stereocenters. The first-order valence-electron chi connectivity index (χ1n) is 7.50. The summed E-state index contributed by atoms with van der Waals surface area (Å²) in [5, 5.41) is 0. The Morgan fingerprint density at radius 1 is 1.10 bits per heavy atom. The molecule has 2 nitrogen and oxygen atoms in total. The van der Waals surface area contributed by atoms with Crippen LogP contribution in [0.2, 0.25) is 0 Å². The second kappa shape index (κ2) is 7.17. The van der Waals surface area contributed by atoms with Crippen LogP contribution in [0.3, 0.4) is 0 Å². The van der Waals surface area contributed by atoms with Crippen LogP contribution in [0, 0.1) is 5.41 Å². The van der Waals surface area contributed by atoms with Crippen LogP contribution in [0.1, 0.15) is 54.4 Å². The van der Waals surface area contributed by atoms with Crippen LogP contribution in [-0.4, -0.2) is 19.7 Å². The minimum absolute atomic E-state index is 0.0821. The first-order chi connectivity index (χ1) is 9.26. The third-order valence-electron chi connectivity index (χ3n) is 3.92. The lowest BCUT2D eigenvalue weighted by atomic mass is 9.76. The van der Waals surface area contributed by atoms with Gasteiger partial charge in [-0.2, -0.15) is 0 Å². The Hall–Kier alpha value is -0.955. The van der Waals surface area contributed by atoms with Gasteiger partial charge in [0.05, 0.1) is 12.2 Å². The van der Waals surface area contributed by atoms with Crippen molar-refractivity contribution in [2.75, 3.05) is 6.61 Å². The molecule has 1 rings (SSSR count). The third-order valence-corrected chi connectivity index (χ3v) is 3.92. The van der Waals surface area contributed by atoms with E-state index in [9.17, 15) is 0 Å². The molecule has 20 heavy (non-hydrogen) atoms. The van der Waals surface area contributed by atoms with E-state index in [4.69, 9.17) is 9.39 Å². The quantitative estimate of drug-likeness (QED) is 0.554. The van der Waals surface area contributed by atoms with Gasteiger partial charge >= 0.3 is 7.48 Å². The van der Waals surface area contributed by atoms with Crippen molar-refractivity contribution in [1.29, 1.82) is 0 Å². The summed E-state index contributed by atoms with van der Waals surface area (Å²) in [4.78, 5) is 0. The highest BCUT2D eigenvalue weighted by Gasteiger charge is 2.33. The highest BCUT2D eigenvalue weighted by molar-refractivity contribution is 6.47. The molecule has 0 N–H and O–H groups in total. The number of unbranched alkanes of at least 4 members (excludes halogenated alkanes) is 1. The molecule has 0 spiro atoms. The van der Waals surface area contributed by atoms with Crippen molar-refractivity contribution in [3.05, 3.63) is 24.3 Å². The van der Waals surface area contributed by atoms with Crippen LogP contribution in [0.25, 0.3) is 0 Å². The van der Waals surface area contributed by atoms with Gasteiger partial charge in [-0.25, -0.2) is 0 Å². The van der Waals surface area contributed by atoms with Crippen LogP contribution in [0.4, 0.5) is 0 Å². The average molecular weight is 275 g/mol. The average Bonchev–Trinajstić information content (AvgIpc) is 2.36. The summed E-state index contributed by atoms with van der Waals surface area (Å²) in [6.07, 6.45) is 2.23. The van der Waals surface area contributed by atoms with Crippen molar-refractivity contribution < 1.29 is 9.39 Å².